The molecule has 3 aromatic rings. The monoisotopic (exact) mass is 641 g/mol. The second-order valence-corrected chi connectivity index (χ2v) is 14.8. The summed E-state index contributed by atoms with van der Waals surface area (Å²) < 4.78 is 0. The highest BCUT2D eigenvalue weighted by Gasteiger charge is 2.49. The van der Waals surface area contributed by atoms with E-state index in [0.29, 0.717) is 0 Å². The van der Waals surface area contributed by atoms with Gasteiger partial charge in [0.05, 0.1) is 6.04 Å². The molecule has 246 valence electrons. The van der Waals surface area contributed by atoms with Gasteiger partial charge in [-0.2, -0.15) is 0 Å². The summed E-state index contributed by atoms with van der Waals surface area (Å²) >= 11 is 0. The zero-order chi connectivity index (χ0) is 33.8. The molecule has 2 aliphatic heterocycles. The van der Waals surface area contributed by atoms with Crippen LogP contribution >= 0.6 is 0 Å². The molecular weight excluding hydrogens is 595 g/mol. The first kappa shape index (κ1) is 31.3. The quantitative estimate of drug-likeness (QED) is 0.205. The maximum absolute atomic E-state index is 4.66. The first-order valence-electron chi connectivity index (χ1n) is 17.9. The third-order valence-electron chi connectivity index (χ3n) is 11.6. The van der Waals surface area contributed by atoms with Crippen molar-refractivity contribution in [3.63, 3.8) is 0 Å². The molecule has 0 aromatic heterocycles. The molecule has 0 bridgehead atoms. The third kappa shape index (κ3) is 5.10. The molecule has 0 amide bonds. The van der Waals surface area contributed by atoms with Crippen LogP contribution in [0.4, 0.5) is 17.1 Å². The Kier molecular flexibility index (Phi) is 7.75. The number of rotatable bonds is 7. The fourth-order valence-electron chi connectivity index (χ4n) is 8.99. The van der Waals surface area contributed by atoms with Crippen LogP contribution in [-0.2, 0) is 10.8 Å². The molecule has 0 saturated carbocycles. The summed E-state index contributed by atoms with van der Waals surface area (Å²) in [5.74, 6) is 1.32. The van der Waals surface area contributed by atoms with Crippen molar-refractivity contribution in [2.45, 2.75) is 63.8 Å². The molecule has 2 heterocycles. The van der Waals surface area contributed by atoms with E-state index in [1.165, 1.54) is 39.3 Å². The van der Waals surface area contributed by atoms with Gasteiger partial charge in [0.15, 0.2) is 0 Å². The van der Waals surface area contributed by atoms with Gasteiger partial charge in [-0.1, -0.05) is 124 Å². The van der Waals surface area contributed by atoms with Crippen LogP contribution in [0.2, 0.25) is 0 Å². The standard InChI is InChI=1S/C46H47N3/c1-6-34(48(44-22-14-15-29-47-44)36-26-27-38-37-18-10-11-19-39(37)45(3,4)41(38)30-36)25-23-32(2)33-24-28-43-46(5,31-33)40-20-12-13-21-42(40)49(43)35-16-8-7-9-17-35/h6-10,12-18,20-28,30,33,43,47H,2,11,19,29,31H2,1,3-5H3/b25-23-,34-6+. The Bertz CT molecular complexity index is 2030. The minimum Gasteiger partial charge on any atom is -0.368 e. The number of dihydropyridines is 1. The van der Waals surface area contributed by atoms with E-state index >= 15 is 0 Å². The summed E-state index contributed by atoms with van der Waals surface area (Å²) in [6, 6.07) is 27.1. The molecule has 5 aliphatic rings. The molecule has 3 unspecified atom stereocenters. The van der Waals surface area contributed by atoms with Crippen molar-refractivity contribution in [2.24, 2.45) is 5.92 Å². The average molecular weight is 642 g/mol. The van der Waals surface area contributed by atoms with Crippen molar-refractivity contribution in [3.8, 4) is 0 Å². The number of hydrogen-bond donors (Lipinski definition) is 1. The molecule has 3 atom stereocenters. The van der Waals surface area contributed by atoms with Gasteiger partial charge >= 0.3 is 0 Å². The molecule has 0 spiro atoms. The molecule has 1 N–H and O–H groups in total. The summed E-state index contributed by atoms with van der Waals surface area (Å²) in [6.07, 6.45) is 26.0. The van der Waals surface area contributed by atoms with Crippen molar-refractivity contribution >= 4 is 22.6 Å². The van der Waals surface area contributed by atoms with Crippen LogP contribution in [-0.4, -0.2) is 12.6 Å². The largest absolute Gasteiger partial charge is 0.368 e. The fraction of sp³-hybridized carbons (Fsp3) is 0.261. The molecule has 3 nitrogen and oxygen atoms in total. The van der Waals surface area contributed by atoms with E-state index in [0.717, 1.165) is 42.9 Å². The van der Waals surface area contributed by atoms with Gasteiger partial charge < -0.3 is 10.2 Å². The van der Waals surface area contributed by atoms with Crippen molar-refractivity contribution in [2.75, 3.05) is 16.3 Å². The Morgan fingerprint density at radius 1 is 0.939 bits per heavy atom. The summed E-state index contributed by atoms with van der Waals surface area (Å²) in [4.78, 5) is 4.89. The Morgan fingerprint density at radius 2 is 1.76 bits per heavy atom. The number of para-hydroxylation sites is 2. The average Bonchev–Trinajstić information content (AvgIpc) is 3.54. The van der Waals surface area contributed by atoms with Crippen molar-refractivity contribution in [1.29, 1.82) is 0 Å². The molecule has 3 aromatic carbocycles. The maximum atomic E-state index is 4.66. The first-order valence-corrected chi connectivity index (χ1v) is 17.9. The van der Waals surface area contributed by atoms with Gasteiger partial charge in [0.25, 0.3) is 0 Å². The van der Waals surface area contributed by atoms with Gasteiger partial charge in [-0.15, -0.1) is 0 Å². The van der Waals surface area contributed by atoms with E-state index in [2.05, 4.69) is 183 Å². The predicted molar refractivity (Wildman–Crippen MR) is 208 cm³/mol. The number of hydrogen-bond acceptors (Lipinski definition) is 3. The molecular formula is C46H47N3. The van der Waals surface area contributed by atoms with E-state index in [4.69, 9.17) is 0 Å². The van der Waals surface area contributed by atoms with Gasteiger partial charge in [-0.05, 0) is 96.5 Å². The van der Waals surface area contributed by atoms with Crippen LogP contribution in [0, 0.1) is 5.92 Å². The third-order valence-corrected chi connectivity index (χ3v) is 11.6. The lowest BCUT2D eigenvalue weighted by Crippen LogP contribution is -2.43. The van der Waals surface area contributed by atoms with Gasteiger partial charge in [-0.25, -0.2) is 0 Å². The van der Waals surface area contributed by atoms with Crippen LogP contribution in [0.3, 0.4) is 0 Å². The Labute approximate surface area is 292 Å². The number of nitrogens with one attached hydrogen (secondary N) is 1. The van der Waals surface area contributed by atoms with Gasteiger partial charge in [0.1, 0.15) is 5.82 Å². The number of allylic oxidation sites excluding steroid dienone is 11. The topological polar surface area (TPSA) is 18.5 Å². The van der Waals surface area contributed by atoms with Gasteiger partial charge in [0.2, 0.25) is 0 Å². The molecule has 3 aliphatic carbocycles. The van der Waals surface area contributed by atoms with Crippen LogP contribution in [0.5, 0.6) is 0 Å². The number of benzene rings is 3. The molecule has 0 saturated heterocycles. The van der Waals surface area contributed by atoms with Crippen LogP contribution in [0.15, 0.2) is 163 Å². The summed E-state index contributed by atoms with van der Waals surface area (Å²) in [5, 5.41) is 3.64. The highest BCUT2D eigenvalue weighted by atomic mass is 15.3. The van der Waals surface area contributed by atoms with Crippen molar-refractivity contribution < 1.29 is 0 Å². The minimum atomic E-state index is -0.0269. The highest BCUT2D eigenvalue weighted by molar-refractivity contribution is 5.88. The van der Waals surface area contributed by atoms with Crippen LogP contribution < -0.4 is 15.1 Å². The molecule has 3 heteroatoms. The van der Waals surface area contributed by atoms with E-state index in [-0.39, 0.29) is 22.8 Å². The second kappa shape index (κ2) is 12.1. The number of anilines is 3. The molecule has 0 fully saturated rings. The van der Waals surface area contributed by atoms with Crippen molar-refractivity contribution in [1.82, 2.24) is 5.32 Å². The van der Waals surface area contributed by atoms with Crippen molar-refractivity contribution in [3.05, 3.63) is 179 Å². The normalized spacial score (nSPS) is 24.7. The van der Waals surface area contributed by atoms with Crippen LogP contribution in [0.1, 0.15) is 63.6 Å². The highest BCUT2D eigenvalue weighted by Crippen LogP contribution is 2.55. The minimum absolute atomic E-state index is 0.0157. The SMILES string of the molecule is C=C(/C=C\C(=C/C)N(C1=CC=CCN1)c1ccc2c(c1)C(C)(C)C1=C2C=CCC1)C1C=CC2N(c3ccccc3)c3ccccc3C2(C)C1. The second-order valence-electron chi connectivity index (χ2n) is 14.8. The lowest BCUT2D eigenvalue weighted by molar-refractivity contribution is 0.363. The summed E-state index contributed by atoms with van der Waals surface area (Å²) in [6.45, 7) is 14.8. The van der Waals surface area contributed by atoms with E-state index < -0.39 is 0 Å². The van der Waals surface area contributed by atoms with E-state index in [1.54, 1.807) is 5.57 Å². The zero-order valence-electron chi connectivity index (χ0n) is 29.3. The van der Waals surface area contributed by atoms with E-state index in [1.807, 2.05) is 0 Å². The molecule has 49 heavy (non-hydrogen) atoms. The summed E-state index contributed by atoms with van der Waals surface area (Å²) in [7, 11) is 0. The lowest BCUT2D eigenvalue weighted by atomic mass is 9.67. The first-order chi connectivity index (χ1) is 23.8. The number of nitrogens with zero attached hydrogens (tertiary/aromatic N) is 2. The van der Waals surface area contributed by atoms with Gasteiger partial charge in [0, 0.05) is 46.1 Å². The Balaban J connectivity index is 1.10. The van der Waals surface area contributed by atoms with Crippen LogP contribution in [0.25, 0.3) is 5.57 Å². The predicted octanol–water partition coefficient (Wildman–Crippen LogP) is 11.0. The fourth-order valence-corrected chi connectivity index (χ4v) is 8.99. The zero-order valence-corrected chi connectivity index (χ0v) is 29.3. The maximum Gasteiger partial charge on any atom is 0.111 e. The summed E-state index contributed by atoms with van der Waals surface area (Å²) in [5.41, 5.74) is 13.2. The Morgan fingerprint density at radius 3 is 2.55 bits per heavy atom. The molecule has 0 radical (unpaired) electrons. The smallest absolute Gasteiger partial charge is 0.111 e. The number of fused-ring (bicyclic) bond motifs is 5. The van der Waals surface area contributed by atoms with E-state index in [9.17, 15) is 0 Å². The Hall–Kier alpha value is -5.02. The van der Waals surface area contributed by atoms with Gasteiger partial charge in [-0.3, -0.25) is 4.90 Å². The molecule has 8 rings (SSSR count). The lowest BCUT2D eigenvalue weighted by Gasteiger charge is -2.40.